The Bertz CT molecular complexity index is 746. The maximum absolute atomic E-state index is 13.2. The molecule has 0 aromatic heterocycles. The van der Waals surface area contributed by atoms with Crippen molar-refractivity contribution in [2.24, 2.45) is 5.92 Å². The van der Waals surface area contributed by atoms with Crippen LogP contribution in [0.25, 0.3) is 0 Å². The van der Waals surface area contributed by atoms with Gasteiger partial charge in [0.05, 0.1) is 0 Å². The molecule has 2 fully saturated rings. The summed E-state index contributed by atoms with van der Waals surface area (Å²) in [6.07, 6.45) is -4.31. The smallest absolute Gasteiger partial charge is 0.444 e. The Morgan fingerprint density at radius 3 is 2.41 bits per heavy atom. The molecule has 1 aliphatic carbocycles. The topological polar surface area (TPSA) is 49.9 Å². The van der Waals surface area contributed by atoms with Crippen molar-refractivity contribution in [2.45, 2.75) is 57.3 Å². The monoisotopic (exact) mass is 412 g/mol. The van der Waals surface area contributed by atoms with E-state index in [-0.39, 0.29) is 18.4 Å². The number of benzene rings is 1. The van der Waals surface area contributed by atoms with Gasteiger partial charge in [-0.1, -0.05) is 30.3 Å². The van der Waals surface area contributed by atoms with Crippen molar-refractivity contribution in [3.05, 3.63) is 35.9 Å². The summed E-state index contributed by atoms with van der Waals surface area (Å²) >= 11 is 0. The quantitative estimate of drug-likeness (QED) is 0.745. The van der Waals surface area contributed by atoms with E-state index in [1.165, 1.54) is 4.90 Å². The highest BCUT2D eigenvalue weighted by Gasteiger charge is 2.52. The molecule has 1 saturated carbocycles. The first kappa shape index (κ1) is 21.5. The zero-order chi connectivity index (χ0) is 21.4. The average molecular weight is 412 g/mol. The first-order chi connectivity index (χ1) is 13.5. The number of rotatable bonds is 4. The molecule has 8 heteroatoms. The van der Waals surface area contributed by atoms with Crippen molar-refractivity contribution in [3.8, 4) is 0 Å². The number of carbonyl (C=O) groups excluding carboxylic acids is 2. The molecule has 1 heterocycles. The van der Waals surface area contributed by atoms with Crippen LogP contribution in [0.3, 0.4) is 0 Å². The van der Waals surface area contributed by atoms with Gasteiger partial charge < -0.3 is 14.5 Å². The minimum Gasteiger partial charge on any atom is -0.444 e. The van der Waals surface area contributed by atoms with Gasteiger partial charge in [0.1, 0.15) is 5.60 Å². The average Bonchev–Trinajstić information content (AvgIpc) is 3.27. The Labute approximate surface area is 168 Å². The molecular formula is C21H27F3N2O3. The summed E-state index contributed by atoms with van der Waals surface area (Å²) in [4.78, 5) is 26.8. The molecule has 1 aromatic carbocycles. The predicted molar refractivity (Wildman–Crippen MR) is 101 cm³/mol. The summed E-state index contributed by atoms with van der Waals surface area (Å²) < 4.78 is 45.0. The standard InChI is InChI=1S/C21H27F3N2O3/c1-20(2,3)29-19(28)25-10-9-14(12-25)13-26(18(27)21(22,23)24)17-11-16(17)15-7-5-4-6-8-15/h4-8,14,16-17H,9-13H2,1-3H3/t14?,16-,17+/m0/s1. The summed E-state index contributed by atoms with van der Waals surface area (Å²) in [6, 6.07) is 8.83. The van der Waals surface area contributed by atoms with E-state index in [1.54, 1.807) is 20.8 Å². The molecule has 0 N–H and O–H groups in total. The second-order valence-electron chi connectivity index (χ2n) is 8.86. The van der Waals surface area contributed by atoms with Gasteiger partial charge in [-0.3, -0.25) is 4.79 Å². The molecular weight excluding hydrogens is 385 g/mol. The lowest BCUT2D eigenvalue weighted by Crippen LogP contribution is -2.46. The van der Waals surface area contributed by atoms with Crippen LogP contribution in [0.15, 0.2) is 30.3 Å². The van der Waals surface area contributed by atoms with Gasteiger partial charge in [0.25, 0.3) is 0 Å². The molecule has 1 unspecified atom stereocenters. The number of hydrogen-bond acceptors (Lipinski definition) is 3. The fourth-order valence-corrected chi connectivity index (χ4v) is 3.87. The third-order valence-electron chi connectivity index (χ3n) is 5.28. The van der Waals surface area contributed by atoms with Gasteiger partial charge in [0.2, 0.25) is 0 Å². The molecule has 0 spiro atoms. The first-order valence-electron chi connectivity index (χ1n) is 9.86. The van der Waals surface area contributed by atoms with Crippen molar-refractivity contribution >= 4 is 12.0 Å². The molecule has 1 aliphatic heterocycles. The minimum absolute atomic E-state index is 0.00829. The lowest BCUT2D eigenvalue weighted by atomic mass is 10.1. The Morgan fingerprint density at radius 1 is 1.17 bits per heavy atom. The van der Waals surface area contributed by atoms with Gasteiger partial charge in [-0.15, -0.1) is 0 Å². The van der Waals surface area contributed by atoms with E-state index in [0.29, 0.717) is 25.9 Å². The van der Waals surface area contributed by atoms with Crippen LogP contribution in [-0.2, 0) is 9.53 Å². The van der Waals surface area contributed by atoms with E-state index in [0.717, 1.165) is 10.5 Å². The second kappa shape index (κ2) is 7.88. The van der Waals surface area contributed by atoms with Crippen LogP contribution in [0.4, 0.5) is 18.0 Å². The number of alkyl halides is 3. The number of amides is 2. The number of hydrogen-bond donors (Lipinski definition) is 0. The lowest BCUT2D eigenvalue weighted by Gasteiger charge is -2.28. The van der Waals surface area contributed by atoms with E-state index in [1.807, 2.05) is 30.3 Å². The van der Waals surface area contributed by atoms with Gasteiger partial charge in [0, 0.05) is 31.6 Å². The Balaban J connectivity index is 1.66. The molecule has 1 saturated heterocycles. The maximum atomic E-state index is 13.2. The van der Waals surface area contributed by atoms with Gasteiger partial charge in [-0.2, -0.15) is 13.2 Å². The highest BCUT2D eigenvalue weighted by atomic mass is 19.4. The van der Waals surface area contributed by atoms with E-state index in [2.05, 4.69) is 0 Å². The van der Waals surface area contributed by atoms with E-state index in [9.17, 15) is 22.8 Å². The molecule has 1 aromatic rings. The van der Waals surface area contributed by atoms with E-state index in [4.69, 9.17) is 4.74 Å². The third kappa shape index (κ3) is 5.42. The minimum atomic E-state index is -4.91. The largest absolute Gasteiger partial charge is 0.471 e. The highest BCUT2D eigenvalue weighted by Crippen LogP contribution is 2.46. The summed E-state index contributed by atoms with van der Waals surface area (Å²) in [5.74, 6) is -2.08. The third-order valence-corrected chi connectivity index (χ3v) is 5.28. The van der Waals surface area contributed by atoms with Crippen LogP contribution in [0.2, 0.25) is 0 Å². The fraction of sp³-hybridized carbons (Fsp3) is 0.619. The van der Waals surface area contributed by atoms with Crippen LogP contribution in [-0.4, -0.2) is 59.3 Å². The number of ether oxygens (including phenoxy) is 1. The van der Waals surface area contributed by atoms with Gasteiger partial charge in [-0.05, 0) is 45.1 Å². The normalized spacial score (nSPS) is 24.3. The van der Waals surface area contributed by atoms with Crippen LogP contribution in [0.5, 0.6) is 0 Å². The predicted octanol–water partition coefficient (Wildman–Crippen LogP) is 4.19. The van der Waals surface area contributed by atoms with Crippen molar-refractivity contribution in [1.82, 2.24) is 9.80 Å². The molecule has 3 rings (SSSR count). The molecule has 2 amide bonds. The SMILES string of the molecule is CC(C)(C)OC(=O)N1CCC(CN(C(=O)C(F)(F)F)[C@@H]2C[C@H]2c2ccccc2)C1. The van der Waals surface area contributed by atoms with Crippen molar-refractivity contribution in [2.75, 3.05) is 19.6 Å². The van der Waals surface area contributed by atoms with Crippen LogP contribution < -0.4 is 0 Å². The molecule has 0 bridgehead atoms. The van der Waals surface area contributed by atoms with Crippen LogP contribution in [0, 0.1) is 5.92 Å². The number of halogens is 3. The molecule has 29 heavy (non-hydrogen) atoms. The van der Waals surface area contributed by atoms with Crippen molar-refractivity contribution < 1.29 is 27.5 Å². The summed E-state index contributed by atoms with van der Waals surface area (Å²) in [6.45, 7) is 5.99. The first-order valence-corrected chi connectivity index (χ1v) is 9.86. The fourth-order valence-electron chi connectivity index (χ4n) is 3.87. The summed E-state index contributed by atoms with van der Waals surface area (Å²) in [7, 11) is 0. The molecule has 0 radical (unpaired) electrons. The molecule has 160 valence electrons. The number of likely N-dealkylation sites (tertiary alicyclic amines) is 1. The molecule has 5 nitrogen and oxygen atoms in total. The number of nitrogens with zero attached hydrogens (tertiary/aromatic N) is 2. The lowest BCUT2D eigenvalue weighted by molar-refractivity contribution is -0.186. The maximum Gasteiger partial charge on any atom is 0.471 e. The van der Waals surface area contributed by atoms with E-state index >= 15 is 0 Å². The van der Waals surface area contributed by atoms with Crippen LogP contribution >= 0.6 is 0 Å². The zero-order valence-electron chi connectivity index (χ0n) is 16.9. The molecule has 3 atom stereocenters. The van der Waals surface area contributed by atoms with E-state index < -0.39 is 29.8 Å². The Kier molecular flexibility index (Phi) is 5.83. The van der Waals surface area contributed by atoms with Gasteiger partial charge in [0.15, 0.2) is 0 Å². The second-order valence-corrected chi connectivity index (χ2v) is 8.86. The zero-order valence-corrected chi connectivity index (χ0v) is 16.9. The Hall–Kier alpha value is -2.25. The number of carbonyl (C=O) groups is 2. The summed E-state index contributed by atoms with van der Waals surface area (Å²) in [5, 5.41) is 0. The van der Waals surface area contributed by atoms with Crippen molar-refractivity contribution in [3.63, 3.8) is 0 Å². The van der Waals surface area contributed by atoms with Crippen LogP contribution in [0.1, 0.15) is 45.1 Å². The van der Waals surface area contributed by atoms with Gasteiger partial charge >= 0.3 is 18.2 Å². The highest BCUT2D eigenvalue weighted by molar-refractivity contribution is 5.82. The Morgan fingerprint density at radius 2 is 1.83 bits per heavy atom. The summed E-state index contributed by atoms with van der Waals surface area (Å²) in [5.41, 5.74) is 0.309. The van der Waals surface area contributed by atoms with Crippen molar-refractivity contribution in [1.29, 1.82) is 0 Å². The molecule has 2 aliphatic rings. The van der Waals surface area contributed by atoms with Gasteiger partial charge in [-0.25, -0.2) is 4.79 Å².